The van der Waals surface area contributed by atoms with Crippen LogP contribution in [0.25, 0.3) is 6.08 Å². The Balaban J connectivity index is 2.40. The van der Waals surface area contributed by atoms with Gasteiger partial charge in [0.1, 0.15) is 0 Å². The van der Waals surface area contributed by atoms with Gasteiger partial charge in [-0.1, -0.05) is 107 Å². The van der Waals surface area contributed by atoms with Gasteiger partial charge in [0, 0.05) is 0 Å². The molecule has 0 amide bonds. The highest BCUT2D eigenvalue weighted by Gasteiger charge is 2.00. The zero-order valence-electron chi connectivity index (χ0n) is 14.9. The molecule has 0 aliphatic heterocycles. The predicted molar refractivity (Wildman–Crippen MR) is 101 cm³/mol. The predicted octanol–water partition coefficient (Wildman–Crippen LogP) is 7.79. The normalized spacial score (nSPS) is 10.6. The van der Waals surface area contributed by atoms with Crippen molar-refractivity contribution in [3.05, 3.63) is 41.5 Å². The highest BCUT2D eigenvalue weighted by molar-refractivity contribution is 5.52. The molecule has 124 valence electrons. The summed E-state index contributed by atoms with van der Waals surface area (Å²) < 4.78 is 0. The number of hydrogen-bond donors (Lipinski definition) is 0. The summed E-state index contributed by atoms with van der Waals surface area (Å²) in [4.78, 5) is 0. The molecule has 1 aromatic carbocycles. The topological polar surface area (TPSA) is 0 Å². The second-order valence-electron chi connectivity index (χ2n) is 6.54. The zero-order chi connectivity index (χ0) is 15.9. The maximum absolute atomic E-state index is 2.44. The van der Waals surface area contributed by atoms with E-state index in [0.29, 0.717) is 0 Å². The Bertz CT molecular complexity index is 358. The SMILES string of the molecule is CCCCCCCC(=Cc1ccccc1)CCCCCCC. The lowest BCUT2D eigenvalue weighted by Gasteiger charge is -2.08. The lowest BCUT2D eigenvalue weighted by atomic mass is 9.98. The van der Waals surface area contributed by atoms with Gasteiger partial charge in [0.15, 0.2) is 0 Å². The van der Waals surface area contributed by atoms with Crippen LogP contribution in [0.15, 0.2) is 35.9 Å². The Hall–Kier alpha value is -1.04. The van der Waals surface area contributed by atoms with E-state index < -0.39 is 0 Å². The van der Waals surface area contributed by atoms with Crippen LogP contribution in [0.3, 0.4) is 0 Å². The summed E-state index contributed by atoms with van der Waals surface area (Å²) >= 11 is 0. The fraction of sp³-hybridized carbons (Fsp3) is 0.636. The van der Waals surface area contributed by atoms with Crippen molar-refractivity contribution in [3.8, 4) is 0 Å². The average molecular weight is 301 g/mol. The quantitative estimate of drug-likeness (QED) is 0.326. The number of allylic oxidation sites excluding steroid dienone is 1. The van der Waals surface area contributed by atoms with E-state index in [4.69, 9.17) is 0 Å². The molecule has 0 fully saturated rings. The van der Waals surface area contributed by atoms with E-state index in [9.17, 15) is 0 Å². The van der Waals surface area contributed by atoms with Gasteiger partial charge in [-0.25, -0.2) is 0 Å². The first kappa shape index (κ1) is 19.0. The fourth-order valence-corrected chi connectivity index (χ4v) is 2.97. The molecular weight excluding hydrogens is 264 g/mol. The maximum atomic E-state index is 2.44. The molecular formula is C22H36. The third-order valence-electron chi connectivity index (χ3n) is 4.37. The first-order chi connectivity index (χ1) is 10.9. The molecule has 0 aliphatic rings. The second kappa shape index (κ2) is 13.6. The Morgan fingerprint density at radius 1 is 0.682 bits per heavy atom. The molecule has 22 heavy (non-hydrogen) atoms. The maximum Gasteiger partial charge on any atom is -0.0257 e. The first-order valence-electron chi connectivity index (χ1n) is 9.61. The molecule has 0 N–H and O–H groups in total. The molecule has 0 aliphatic carbocycles. The molecule has 0 saturated carbocycles. The van der Waals surface area contributed by atoms with Crippen molar-refractivity contribution in [2.24, 2.45) is 0 Å². The summed E-state index contributed by atoms with van der Waals surface area (Å²) in [5.74, 6) is 0. The third-order valence-corrected chi connectivity index (χ3v) is 4.37. The van der Waals surface area contributed by atoms with Crippen LogP contribution >= 0.6 is 0 Å². The minimum atomic E-state index is 1.30. The molecule has 0 saturated heterocycles. The Morgan fingerprint density at radius 2 is 1.18 bits per heavy atom. The monoisotopic (exact) mass is 300 g/mol. The summed E-state index contributed by atoms with van der Waals surface area (Å²) in [5, 5.41) is 0. The second-order valence-corrected chi connectivity index (χ2v) is 6.54. The summed E-state index contributed by atoms with van der Waals surface area (Å²) in [6.45, 7) is 4.58. The number of hydrogen-bond acceptors (Lipinski definition) is 0. The minimum absolute atomic E-state index is 1.30. The van der Waals surface area contributed by atoms with Crippen LogP contribution in [0.4, 0.5) is 0 Å². The lowest BCUT2D eigenvalue weighted by molar-refractivity contribution is 0.602. The van der Waals surface area contributed by atoms with Gasteiger partial charge in [-0.2, -0.15) is 0 Å². The van der Waals surface area contributed by atoms with Crippen molar-refractivity contribution < 1.29 is 0 Å². The van der Waals surface area contributed by atoms with E-state index in [2.05, 4.69) is 50.3 Å². The molecule has 0 radical (unpaired) electrons. The molecule has 0 unspecified atom stereocenters. The van der Waals surface area contributed by atoms with Gasteiger partial charge in [-0.15, -0.1) is 0 Å². The fourth-order valence-electron chi connectivity index (χ4n) is 2.97. The molecule has 0 aromatic heterocycles. The molecule has 0 bridgehead atoms. The first-order valence-corrected chi connectivity index (χ1v) is 9.61. The van der Waals surface area contributed by atoms with E-state index >= 15 is 0 Å². The molecule has 1 rings (SSSR count). The smallest absolute Gasteiger partial charge is 0.0257 e. The van der Waals surface area contributed by atoms with E-state index in [-0.39, 0.29) is 0 Å². The highest BCUT2D eigenvalue weighted by Crippen LogP contribution is 2.20. The van der Waals surface area contributed by atoms with Crippen LogP contribution in [-0.2, 0) is 0 Å². The van der Waals surface area contributed by atoms with Gasteiger partial charge in [-0.05, 0) is 31.2 Å². The largest absolute Gasteiger partial charge is 0.0696 e. The lowest BCUT2D eigenvalue weighted by Crippen LogP contribution is -1.88. The van der Waals surface area contributed by atoms with Crippen molar-refractivity contribution in [2.75, 3.05) is 0 Å². The summed E-state index contributed by atoms with van der Waals surface area (Å²) in [6, 6.07) is 10.9. The summed E-state index contributed by atoms with van der Waals surface area (Å²) in [6.07, 6.45) is 18.9. The zero-order valence-corrected chi connectivity index (χ0v) is 14.9. The minimum Gasteiger partial charge on any atom is -0.0696 e. The van der Waals surface area contributed by atoms with Crippen LogP contribution in [-0.4, -0.2) is 0 Å². The van der Waals surface area contributed by atoms with Gasteiger partial charge in [0.05, 0.1) is 0 Å². The number of unbranched alkanes of at least 4 members (excludes halogenated alkanes) is 8. The van der Waals surface area contributed by atoms with Gasteiger partial charge >= 0.3 is 0 Å². The summed E-state index contributed by atoms with van der Waals surface area (Å²) in [7, 11) is 0. The van der Waals surface area contributed by atoms with Crippen LogP contribution in [0.5, 0.6) is 0 Å². The van der Waals surface area contributed by atoms with E-state index in [1.807, 2.05) is 0 Å². The van der Waals surface area contributed by atoms with Crippen molar-refractivity contribution in [3.63, 3.8) is 0 Å². The van der Waals surface area contributed by atoms with E-state index in [1.165, 1.54) is 82.6 Å². The standard InChI is InChI=1S/C22H36/c1-3-5-7-9-12-16-21(17-13-10-8-6-4-2)20-22-18-14-11-15-19-22/h11,14-15,18-20H,3-10,12-13,16-17H2,1-2H3. The Labute approximate surface area is 139 Å². The van der Waals surface area contributed by atoms with Crippen molar-refractivity contribution in [1.29, 1.82) is 0 Å². The molecule has 0 heteroatoms. The average Bonchev–Trinajstić information content (AvgIpc) is 2.55. The van der Waals surface area contributed by atoms with Gasteiger partial charge in [0.25, 0.3) is 0 Å². The highest BCUT2D eigenvalue weighted by atomic mass is 14.1. The van der Waals surface area contributed by atoms with E-state index in [1.54, 1.807) is 5.57 Å². The van der Waals surface area contributed by atoms with Crippen LogP contribution < -0.4 is 0 Å². The number of rotatable bonds is 13. The van der Waals surface area contributed by atoms with Crippen molar-refractivity contribution in [1.82, 2.24) is 0 Å². The van der Waals surface area contributed by atoms with Crippen molar-refractivity contribution >= 4 is 6.08 Å². The van der Waals surface area contributed by atoms with Gasteiger partial charge in [-0.3, -0.25) is 0 Å². The molecule has 0 atom stereocenters. The third kappa shape index (κ3) is 9.82. The van der Waals surface area contributed by atoms with E-state index in [0.717, 1.165) is 0 Å². The summed E-state index contributed by atoms with van der Waals surface area (Å²) in [5.41, 5.74) is 3.04. The van der Waals surface area contributed by atoms with Crippen LogP contribution in [0, 0.1) is 0 Å². The van der Waals surface area contributed by atoms with Crippen LogP contribution in [0.2, 0.25) is 0 Å². The van der Waals surface area contributed by atoms with Crippen molar-refractivity contribution in [2.45, 2.75) is 90.9 Å². The Kier molecular flexibility index (Phi) is 11.8. The van der Waals surface area contributed by atoms with Gasteiger partial charge < -0.3 is 0 Å². The van der Waals surface area contributed by atoms with Crippen LogP contribution in [0.1, 0.15) is 96.5 Å². The molecule has 0 heterocycles. The number of benzene rings is 1. The molecule has 0 spiro atoms. The molecule has 0 nitrogen and oxygen atoms in total. The molecule has 1 aromatic rings. The van der Waals surface area contributed by atoms with Gasteiger partial charge in [0.2, 0.25) is 0 Å². The Morgan fingerprint density at radius 3 is 1.68 bits per heavy atom.